The second-order valence-electron chi connectivity index (χ2n) is 4.38. The van der Waals surface area contributed by atoms with E-state index in [4.69, 9.17) is 20.9 Å². The Labute approximate surface area is 94.1 Å². The highest BCUT2D eigenvalue weighted by atomic mass is 35.5. The topological polar surface area (TPSA) is 44.2 Å². The SMILES string of the molecule is CC1(C)COB(c2cnc(Cl)cn2)OC1. The van der Waals surface area contributed by atoms with Crippen molar-refractivity contribution < 1.29 is 9.31 Å². The zero-order chi connectivity index (χ0) is 10.9. The lowest BCUT2D eigenvalue weighted by molar-refractivity contribution is 0.0339. The van der Waals surface area contributed by atoms with Gasteiger partial charge in [-0.05, 0) is 0 Å². The van der Waals surface area contributed by atoms with E-state index < -0.39 is 7.12 Å². The molecule has 1 aliphatic heterocycles. The fraction of sp³-hybridized carbons (Fsp3) is 0.556. The lowest BCUT2D eigenvalue weighted by Gasteiger charge is -2.32. The van der Waals surface area contributed by atoms with Crippen molar-refractivity contribution in [2.45, 2.75) is 13.8 Å². The molecule has 2 rings (SSSR count). The Morgan fingerprint density at radius 3 is 2.47 bits per heavy atom. The van der Waals surface area contributed by atoms with E-state index in [-0.39, 0.29) is 5.41 Å². The third-order valence-corrected chi connectivity index (χ3v) is 2.33. The van der Waals surface area contributed by atoms with Crippen LogP contribution in [-0.4, -0.2) is 30.3 Å². The largest absolute Gasteiger partial charge is 0.515 e. The highest BCUT2D eigenvalue weighted by Gasteiger charge is 2.34. The molecular formula is C9H12BClN2O2. The van der Waals surface area contributed by atoms with Crippen molar-refractivity contribution in [1.82, 2.24) is 9.97 Å². The minimum Gasteiger partial charge on any atom is -0.406 e. The van der Waals surface area contributed by atoms with E-state index in [1.54, 1.807) is 6.20 Å². The summed E-state index contributed by atoms with van der Waals surface area (Å²) in [5.41, 5.74) is 0.728. The second-order valence-corrected chi connectivity index (χ2v) is 4.77. The molecule has 1 fully saturated rings. The molecule has 2 heterocycles. The predicted octanol–water partition coefficient (Wildman–Crippen LogP) is 0.898. The van der Waals surface area contributed by atoms with Gasteiger partial charge in [0.05, 0.1) is 11.8 Å². The Morgan fingerprint density at radius 2 is 1.93 bits per heavy atom. The van der Waals surface area contributed by atoms with Crippen LogP contribution < -0.4 is 5.59 Å². The molecule has 0 atom stereocenters. The van der Waals surface area contributed by atoms with Crippen LogP contribution >= 0.6 is 11.6 Å². The molecule has 15 heavy (non-hydrogen) atoms. The van der Waals surface area contributed by atoms with Crippen molar-refractivity contribution in [3.05, 3.63) is 17.5 Å². The van der Waals surface area contributed by atoms with E-state index in [0.29, 0.717) is 24.0 Å². The second kappa shape index (κ2) is 4.08. The molecule has 0 radical (unpaired) electrons. The van der Waals surface area contributed by atoms with Crippen LogP contribution in [0.5, 0.6) is 0 Å². The van der Waals surface area contributed by atoms with Gasteiger partial charge in [-0.25, -0.2) is 4.98 Å². The van der Waals surface area contributed by atoms with Gasteiger partial charge in [-0.1, -0.05) is 25.4 Å². The van der Waals surface area contributed by atoms with Gasteiger partial charge in [-0.3, -0.25) is 4.98 Å². The van der Waals surface area contributed by atoms with Gasteiger partial charge < -0.3 is 9.31 Å². The van der Waals surface area contributed by atoms with Crippen molar-refractivity contribution in [1.29, 1.82) is 0 Å². The fourth-order valence-electron chi connectivity index (χ4n) is 1.31. The van der Waals surface area contributed by atoms with Gasteiger partial charge in [0, 0.05) is 24.8 Å². The summed E-state index contributed by atoms with van der Waals surface area (Å²) in [5.74, 6) is 0. The third-order valence-electron chi connectivity index (χ3n) is 2.13. The molecule has 0 unspecified atom stereocenters. The maximum absolute atomic E-state index is 5.64. The van der Waals surface area contributed by atoms with E-state index in [1.165, 1.54) is 6.20 Å². The molecule has 1 saturated heterocycles. The van der Waals surface area contributed by atoms with E-state index in [0.717, 1.165) is 0 Å². The van der Waals surface area contributed by atoms with Crippen LogP contribution in [0.3, 0.4) is 0 Å². The van der Waals surface area contributed by atoms with Gasteiger partial charge in [0.25, 0.3) is 0 Å². The summed E-state index contributed by atoms with van der Waals surface area (Å²) in [6, 6.07) is 0. The third kappa shape index (κ3) is 2.68. The molecule has 0 bridgehead atoms. The first kappa shape index (κ1) is 10.9. The molecule has 1 aliphatic rings. The zero-order valence-electron chi connectivity index (χ0n) is 8.74. The van der Waals surface area contributed by atoms with E-state index in [9.17, 15) is 0 Å². The first-order valence-electron chi connectivity index (χ1n) is 4.77. The normalized spacial score (nSPS) is 20.3. The summed E-state index contributed by atoms with van der Waals surface area (Å²) in [6.07, 6.45) is 3.06. The van der Waals surface area contributed by atoms with Crippen LogP contribution in [0.2, 0.25) is 5.15 Å². The lowest BCUT2D eigenvalue weighted by atomic mass is 9.80. The van der Waals surface area contributed by atoms with Crippen LogP contribution in [-0.2, 0) is 9.31 Å². The number of nitrogens with zero attached hydrogens (tertiary/aromatic N) is 2. The van der Waals surface area contributed by atoms with E-state index >= 15 is 0 Å². The number of hydrogen-bond acceptors (Lipinski definition) is 4. The van der Waals surface area contributed by atoms with Crippen molar-refractivity contribution in [3.8, 4) is 0 Å². The maximum Gasteiger partial charge on any atom is 0.515 e. The van der Waals surface area contributed by atoms with Crippen molar-refractivity contribution >= 4 is 24.3 Å². The molecule has 4 nitrogen and oxygen atoms in total. The summed E-state index contributed by atoms with van der Waals surface area (Å²) in [4.78, 5) is 8.04. The average molecular weight is 226 g/mol. The van der Waals surface area contributed by atoms with Gasteiger partial charge in [0.15, 0.2) is 0 Å². The molecular weight excluding hydrogens is 214 g/mol. The molecule has 0 amide bonds. The lowest BCUT2D eigenvalue weighted by Crippen LogP contribution is -2.48. The van der Waals surface area contributed by atoms with Gasteiger partial charge in [0.2, 0.25) is 0 Å². The summed E-state index contributed by atoms with van der Waals surface area (Å²) >= 11 is 5.64. The number of rotatable bonds is 1. The van der Waals surface area contributed by atoms with Crippen molar-refractivity contribution in [2.24, 2.45) is 5.41 Å². The van der Waals surface area contributed by atoms with Crippen LogP contribution in [0, 0.1) is 5.41 Å². The van der Waals surface area contributed by atoms with Crippen LogP contribution in [0.25, 0.3) is 0 Å². The van der Waals surface area contributed by atoms with Crippen LogP contribution in [0.1, 0.15) is 13.8 Å². The Hall–Kier alpha value is -0.645. The maximum atomic E-state index is 5.64. The quantitative estimate of drug-likeness (QED) is 0.668. The van der Waals surface area contributed by atoms with Crippen LogP contribution in [0.15, 0.2) is 12.4 Å². The van der Waals surface area contributed by atoms with Gasteiger partial charge in [-0.15, -0.1) is 0 Å². The monoisotopic (exact) mass is 226 g/mol. The minimum absolute atomic E-state index is 0.0658. The minimum atomic E-state index is -0.414. The Kier molecular flexibility index (Phi) is 2.95. The number of halogens is 1. The summed E-state index contributed by atoms with van der Waals surface area (Å²) < 4.78 is 11.1. The average Bonchev–Trinajstić information content (AvgIpc) is 2.20. The molecule has 1 aromatic heterocycles. The van der Waals surface area contributed by atoms with Gasteiger partial charge >= 0.3 is 7.12 Å². The molecule has 0 N–H and O–H groups in total. The van der Waals surface area contributed by atoms with Crippen molar-refractivity contribution in [2.75, 3.05) is 13.2 Å². The molecule has 1 aromatic rings. The highest BCUT2D eigenvalue weighted by molar-refractivity contribution is 6.60. The summed E-state index contributed by atoms with van der Waals surface area (Å²) in [6.45, 7) is 5.50. The van der Waals surface area contributed by atoms with Crippen molar-refractivity contribution in [3.63, 3.8) is 0 Å². The Bertz CT molecular complexity index is 334. The highest BCUT2D eigenvalue weighted by Crippen LogP contribution is 2.20. The van der Waals surface area contributed by atoms with Crippen LogP contribution in [0.4, 0.5) is 0 Å². The summed E-state index contributed by atoms with van der Waals surface area (Å²) in [7, 11) is -0.414. The smallest absolute Gasteiger partial charge is 0.406 e. The van der Waals surface area contributed by atoms with Gasteiger partial charge in [0.1, 0.15) is 5.15 Å². The summed E-state index contributed by atoms with van der Waals surface area (Å²) in [5, 5.41) is 0.370. The Morgan fingerprint density at radius 1 is 1.27 bits per heavy atom. The molecule has 0 aromatic carbocycles. The first-order chi connectivity index (χ1) is 7.07. The molecule has 0 aliphatic carbocycles. The Balaban J connectivity index is 2.04. The standard InChI is InChI=1S/C9H12BClN2O2/c1-9(2)5-14-10(15-6-9)7-3-13-8(11)4-12-7/h3-4H,5-6H2,1-2H3. The molecule has 6 heteroatoms. The van der Waals surface area contributed by atoms with E-state index in [2.05, 4.69) is 23.8 Å². The number of aromatic nitrogens is 2. The van der Waals surface area contributed by atoms with Gasteiger partial charge in [-0.2, -0.15) is 0 Å². The molecule has 0 saturated carbocycles. The molecule has 0 spiro atoms. The fourth-order valence-corrected chi connectivity index (χ4v) is 1.40. The number of hydrogen-bond donors (Lipinski definition) is 0. The molecule has 80 valence electrons. The zero-order valence-corrected chi connectivity index (χ0v) is 9.49. The first-order valence-corrected chi connectivity index (χ1v) is 5.15. The predicted molar refractivity (Wildman–Crippen MR) is 58.1 cm³/mol. The van der Waals surface area contributed by atoms with E-state index in [1.807, 2.05) is 0 Å².